The second kappa shape index (κ2) is 4.05. The van der Waals surface area contributed by atoms with E-state index >= 15 is 0 Å². The monoisotopic (exact) mass is 179 g/mol. The van der Waals surface area contributed by atoms with Crippen molar-refractivity contribution in [2.45, 2.75) is 19.9 Å². The van der Waals surface area contributed by atoms with Gasteiger partial charge in [0.1, 0.15) is 0 Å². The van der Waals surface area contributed by atoms with Gasteiger partial charge in [0.25, 0.3) is 0 Å². The highest BCUT2D eigenvalue weighted by atomic mass is 16.5. The molecule has 3 nitrogen and oxygen atoms in total. The van der Waals surface area contributed by atoms with Crippen LogP contribution < -0.4 is 0 Å². The van der Waals surface area contributed by atoms with E-state index in [0.29, 0.717) is 5.57 Å². The summed E-state index contributed by atoms with van der Waals surface area (Å²) in [4.78, 5) is 11.2. The van der Waals surface area contributed by atoms with E-state index in [-0.39, 0.29) is 11.8 Å². The van der Waals surface area contributed by atoms with Crippen LogP contribution in [0.25, 0.3) is 0 Å². The summed E-state index contributed by atoms with van der Waals surface area (Å²) >= 11 is 0. The lowest BCUT2D eigenvalue weighted by Gasteiger charge is -2.17. The van der Waals surface area contributed by atoms with Crippen LogP contribution in [0, 0.1) is 0 Å². The smallest absolute Gasteiger partial charge is 0.187 e. The van der Waals surface area contributed by atoms with Crippen molar-refractivity contribution in [1.82, 2.24) is 5.06 Å². The summed E-state index contributed by atoms with van der Waals surface area (Å²) in [5.74, 6) is -0.0813. The number of hydrogen-bond donors (Lipinski definition) is 1. The average Bonchev–Trinajstić information content (AvgIpc) is 2.08. The topological polar surface area (TPSA) is 40.5 Å². The summed E-state index contributed by atoms with van der Waals surface area (Å²) in [5.41, 5.74) is 0.499. The molecule has 70 valence electrons. The first-order valence-corrected chi connectivity index (χ1v) is 4.19. The van der Waals surface area contributed by atoms with E-state index in [1.54, 1.807) is 18.2 Å². The Morgan fingerprint density at radius 1 is 1.38 bits per heavy atom. The zero-order valence-electron chi connectivity index (χ0n) is 7.77. The molecule has 0 amide bonds. The molecule has 1 aliphatic carbocycles. The van der Waals surface area contributed by atoms with Crippen LogP contribution in [-0.2, 0) is 4.79 Å². The third-order valence-electron chi connectivity index (χ3n) is 1.72. The second-order valence-corrected chi connectivity index (χ2v) is 3.14. The number of carbonyl (C=O) groups is 1. The fourth-order valence-corrected chi connectivity index (χ4v) is 0.879. The lowest BCUT2D eigenvalue weighted by atomic mass is 10.1. The molecule has 0 bridgehead atoms. The average molecular weight is 179 g/mol. The molecule has 0 atom stereocenters. The molecule has 0 aromatic rings. The Morgan fingerprint density at radius 2 is 2.00 bits per heavy atom. The van der Waals surface area contributed by atoms with E-state index in [1.165, 1.54) is 12.3 Å². The highest BCUT2D eigenvalue weighted by Crippen LogP contribution is 2.08. The molecular formula is C10H13NO2. The molecule has 1 rings (SSSR count). The minimum atomic E-state index is -0.0813. The maximum Gasteiger partial charge on any atom is 0.187 e. The number of allylic oxidation sites excluding steroid dienone is 5. The lowest BCUT2D eigenvalue weighted by molar-refractivity contribution is -0.111. The fraction of sp³-hybridized carbons (Fsp3) is 0.300. The van der Waals surface area contributed by atoms with Gasteiger partial charge < -0.3 is 0 Å². The molecule has 0 radical (unpaired) electrons. The molecule has 0 saturated carbocycles. The first-order valence-electron chi connectivity index (χ1n) is 4.19. The lowest BCUT2D eigenvalue weighted by Crippen LogP contribution is -2.22. The maximum absolute atomic E-state index is 11.2. The van der Waals surface area contributed by atoms with Gasteiger partial charge in [-0.25, -0.2) is 0 Å². The predicted molar refractivity (Wildman–Crippen MR) is 50.1 cm³/mol. The molecule has 0 aromatic carbocycles. The van der Waals surface area contributed by atoms with Crippen LogP contribution in [0.15, 0.2) is 36.1 Å². The number of rotatable bonds is 2. The largest absolute Gasteiger partial charge is 0.289 e. The highest BCUT2D eigenvalue weighted by molar-refractivity contribution is 6.07. The van der Waals surface area contributed by atoms with Crippen LogP contribution in [0.4, 0.5) is 0 Å². The molecule has 0 heterocycles. The maximum atomic E-state index is 11.2. The molecular weight excluding hydrogens is 166 g/mol. The zero-order valence-corrected chi connectivity index (χ0v) is 7.77. The molecule has 0 spiro atoms. The number of carbonyl (C=O) groups excluding carboxylic acids is 1. The van der Waals surface area contributed by atoms with Crippen molar-refractivity contribution in [3.8, 4) is 0 Å². The first-order chi connectivity index (χ1) is 6.11. The molecule has 0 aliphatic heterocycles. The van der Waals surface area contributed by atoms with Crippen molar-refractivity contribution in [1.29, 1.82) is 0 Å². The zero-order chi connectivity index (χ0) is 9.84. The Labute approximate surface area is 77.6 Å². The molecule has 13 heavy (non-hydrogen) atoms. The van der Waals surface area contributed by atoms with Gasteiger partial charge in [0.05, 0.1) is 6.04 Å². The van der Waals surface area contributed by atoms with Crippen molar-refractivity contribution in [2.75, 3.05) is 0 Å². The van der Waals surface area contributed by atoms with E-state index in [1.807, 2.05) is 13.8 Å². The van der Waals surface area contributed by atoms with Gasteiger partial charge in [-0.05, 0) is 26.0 Å². The Morgan fingerprint density at radius 3 is 2.54 bits per heavy atom. The van der Waals surface area contributed by atoms with E-state index in [2.05, 4.69) is 0 Å². The highest BCUT2D eigenvalue weighted by Gasteiger charge is 2.08. The second-order valence-electron chi connectivity index (χ2n) is 3.14. The minimum Gasteiger partial charge on any atom is -0.289 e. The molecule has 0 unspecified atom stereocenters. The van der Waals surface area contributed by atoms with Crippen LogP contribution in [0.3, 0.4) is 0 Å². The Hall–Kier alpha value is -1.35. The van der Waals surface area contributed by atoms with Gasteiger partial charge in [-0.3, -0.25) is 15.1 Å². The summed E-state index contributed by atoms with van der Waals surface area (Å²) in [6.07, 6.45) is 8.03. The Kier molecular flexibility index (Phi) is 3.03. The normalized spacial score (nSPS) is 18.8. The molecule has 0 aromatic heterocycles. The van der Waals surface area contributed by atoms with E-state index in [4.69, 9.17) is 0 Å². The summed E-state index contributed by atoms with van der Waals surface area (Å²) in [7, 11) is 0. The van der Waals surface area contributed by atoms with Crippen molar-refractivity contribution in [3.63, 3.8) is 0 Å². The summed E-state index contributed by atoms with van der Waals surface area (Å²) in [5, 5.41) is 10.4. The van der Waals surface area contributed by atoms with Crippen molar-refractivity contribution in [2.24, 2.45) is 0 Å². The van der Waals surface area contributed by atoms with Gasteiger partial charge in [-0.1, -0.05) is 12.2 Å². The fourth-order valence-electron chi connectivity index (χ4n) is 0.879. The van der Waals surface area contributed by atoms with Crippen LogP contribution in [0.5, 0.6) is 0 Å². The van der Waals surface area contributed by atoms with Crippen LogP contribution in [0.1, 0.15) is 13.8 Å². The number of nitrogens with zero attached hydrogens (tertiary/aromatic N) is 1. The Balaban J connectivity index is 2.76. The quantitative estimate of drug-likeness (QED) is 0.517. The van der Waals surface area contributed by atoms with E-state index in [0.717, 1.165) is 5.06 Å². The summed E-state index contributed by atoms with van der Waals surface area (Å²) in [6, 6.07) is -0.0281. The van der Waals surface area contributed by atoms with E-state index in [9.17, 15) is 10.0 Å². The van der Waals surface area contributed by atoms with Gasteiger partial charge in [0.2, 0.25) is 0 Å². The van der Waals surface area contributed by atoms with Gasteiger partial charge in [-0.15, -0.1) is 0 Å². The number of ketones is 1. The van der Waals surface area contributed by atoms with Gasteiger partial charge in [-0.2, -0.15) is 0 Å². The van der Waals surface area contributed by atoms with Crippen LogP contribution >= 0.6 is 0 Å². The first kappa shape index (κ1) is 9.74. The van der Waals surface area contributed by atoms with Gasteiger partial charge >= 0.3 is 0 Å². The molecule has 0 saturated heterocycles. The Bertz CT molecular complexity index is 287. The third-order valence-corrected chi connectivity index (χ3v) is 1.72. The summed E-state index contributed by atoms with van der Waals surface area (Å²) < 4.78 is 0. The number of hydrogen-bond acceptors (Lipinski definition) is 3. The van der Waals surface area contributed by atoms with Crippen molar-refractivity contribution >= 4 is 5.78 Å². The van der Waals surface area contributed by atoms with Crippen molar-refractivity contribution < 1.29 is 10.0 Å². The number of hydroxylamine groups is 2. The minimum absolute atomic E-state index is 0.0281. The third kappa shape index (κ3) is 2.56. The van der Waals surface area contributed by atoms with Crippen LogP contribution in [0.2, 0.25) is 0 Å². The molecule has 0 fully saturated rings. The molecule has 3 heteroatoms. The van der Waals surface area contributed by atoms with Crippen LogP contribution in [-0.4, -0.2) is 22.1 Å². The summed E-state index contributed by atoms with van der Waals surface area (Å²) in [6.45, 7) is 3.67. The van der Waals surface area contributed by atoms with Crippen molar-refractivity contribution in [3.05, 3.63) is 36.1 Å². The molecule has 1 aliphatic rings. The standard InChI is InChI=1S/C10H13NO2/c1-8(2)11(13)7-9-5-3-4-6-10(9)12/h3-8,13H,1-2H3. The molecule has 1 N–H and O–H groups in total. The van der Waals surface area contributed by atoms with Gasteiger partial charge in [0, 0.05) is 11.8 Å². The SMILES string of the molecule is CC(C)N(O)C=C1C=CC=CC1=O. The van der Waals surface area contributed by atoms with E-state index < -0.39 is 0 Å². The van der Waals surface area contributed by atoms with Gasteiger partial charge in [0.15, 0.2) is 5.78 Å². The predicted octanol–water partition coefficient (Wildman–Crippen LogP) is 1.67.